The van der Waals surface area contributed by atoms with Crippen molar-refractivity contribution in [2.24, 2.45) is 5.92 Å². The van der Waals surface area contributed by atoms with Crippen LogP contribution in [0, 0.1) is 5.92 Å². The normalized spacial score (nSPS) is 21.0. The number of carbonyl (C=O) groups excluding carboxylic acids is 1. The first-order valence-corrected chi connectivity index (χ1v) is 10.7. The van der Waals surface area contributed by atoms with Gasteiger partial charge in [-0.15, -0.1) is 24.8 Å². The van der Waals surface area contributed by atoms with Crippen LogP contribution in [-0.2, 0) is 17.9 Å². The largest absolute Gasteiger partial charge is 0.352 e. The molecule has 1 amide bonds. The van der Waals surface area contributed by atoms with Crippen molar-refractivity contribution in [3.8, 4) is 0 Å². The molecule has 2 aliphatic rings. The van der Waals surface area contributed by atoms with Crippen LogP contribution in [0.2, 0.25) is 0 Å². The Morgan fingerprint density at radius 3 is 2.70 bits per heavy atom. The third-order valence-electron chi connectivity index (χ3n) is 5.19. The highest BCUT2D eigenvalue weighted by molar-refractivity contribution is 7.99. The molecule has 1 atom stereocenters. The van der Waals surface area contributed by atoms with Crippen LogP contribution in [0.4, 0.5) is 0 Å². The molecule has 1 aromatic rings. The van der Waals surface area contributed by atoms with Gasteiger partial charge in [-0.05, 0) is 43.0 Å². The van der Waals surface area contributed by atoms with Gasteiger partial charge in [-0.1, -0.05) is 31.2 Å². The van der Waals surface area contributed by atoms with E-state index in [-0.39, 0.29) is 30.7 Å². The van der Waals surface area contributed by atoms with Crippen LogP contribution in [0.25, 0.3) is 0 Å². The van der Waals surface area contributed by atoms with Gasteiger partial charge in [0.05, 0.1) is 0 Å². The summed E-state index contributed by atoms with van der Waals surface area (Å²) in [4.78, 5) is 14.7. The number of benzene rings is 1. The second-order valence-electron chi connectivity index (χ2n) is 7.49. The van der Waals surface area contributed by atoms with Crippen molar-refractivity contribution in [3.63, 3.8) is 0 Å². The molecule has 1 unspecified atom stereocenters. The number of amides is 1. The maximum absolute atomic E-state index is 12.1. The molecule has 0 saturated carbocycles. The van der Waals surface area contributed by atoms with Gasteiger partial charge >= 0.3 is 0 Å². The number of hydrogen-bond donors (Lipinski definition) is 2. The first kappa shape index (κ1) is 24.6. The highest BCUT2D eigenvalue weighted by Crippen LogP contribution is 2.18. The van der Waals surface area contributed by atoms with E-state index >= 15 is 0 Å². The zero-order chi connectivity index (χ0) is 17.5. The van der Waals surface area contributed by atoms with Crippen LogP contribution in [0.15, 0.2) is 24.3 Å². The molecule has 2 N–H and O–H groups in total. The minimum atomic E-state index is 0. The molecule has 2 saturated heterocycles. The predicted molar refractivity (Wildman–Crippen MR) is 120 cm³/mol. The Bertz CT molecular complexity index is 562. The average molecular weight is 434 g/mol. The van der Waals surface area contributed by atoms with Gasteiger partial charge in [0.15, 0.2) is 0 Å². The van der Waals surface area contributed by atoms with E-state index in [4.69, 9.17) is 0 Å². The highest BCUT2D eigenvalue weighted by Gasteiger charge is 2.17. The summed E-state index contributed by atoms with van der Waals surface area (Å²) in [5.74, 6) is 3.21. The predicted octanol–water partition coefficient (Wildman–Crippen LogP) is 3.47. The lowest BCUT2D eigenvalue weighted by molar-refractivity contribution is -0.121. The number of nitrogens with zero attached hydrogens (tertiary/aromatic N) is 1. The van der Waals surface area contributed by atoms with Crippen LogP contribution in [0.3, 0.4) is 0 Å². The van der Waals surface area contributed by atoms with Crippen molar-refractivity contribution in [3.05, 3.63) is 35.4 Å². The first-order valence-electron chi connectivity index (χ1n) is 9.57. The molecule has 27 heavy (non-hydrogen) atoms. The number of carbonyl (C=O) groups is 1. The minimum absolute atomic E-state index is 0. The molecule has 2 aliphatic heterocycles. The summed E-state index contributed by atoms with van der Waals surface area (Å²) in [5, 5.41) is 6.50. The average Bonchev–Trinajstić information content (AvgIpc) is 2.63. The number of halogens is 2. The molecule has 4 nitrogen and oxygen atoms in total. The van der Waals surface area contributed by atoms with Crippen LogP contribution in [0.5, 0.6) is 0 Å². The van der Waals surface area contributed by atoms with E-state index in [2.05, 4.69) is 46.7 Å². The molecular formula is C20H33Cl2N3OS. The van der Waals surface area contributed by atoms with Gasteiger partial charge in [-0.2, -0.15) is 11.8 Å². The van der Waals surface area contributed by atoms with Gasteiger partial charge in [0.25, 0.3) is 0 Å². The molecule has 2 heterocycles. The quantitative estimate of drug-likeness (QED) is 0.720. The van der Waals surface area contributed by atoms with E-state index in [1.54, 1.807) is 0 Å². The summed E-state index contributed by atoms with van der Waals surface area (Å²) < 4.78 is 0. The van der Waals surface area contributed by atoms with Gasteiger partial charge in [-0.3, -0.25) is 9.69 Å². The molecule has 3 rings (SSSR count). The number of rotatable bonds is 6. The van der Waals surface area contributed by atoms with Crippen molar-refractivity contribution in [1.82, 2.24) is 15.5 Å². The SMILES string of the molecule is CC1CCN(Cc2cccc(CNC(=O)CC3CSCCN3)c2)CC1.Cl.Cl. The Balaban J connectivity index is 0.00000182. The monoisotopic (exact) mass is 433 g/mol. The first-order chi connectivity index (χ1) is 12.2. The maximum Gasteiger partial charge on any atom is 0.221 e. The minimum Gasteiger partial charge on any atom is -0.352 e. The van der Waals surface area contributed by atoms with Gasteiger partial charge in [0, 0.05) is 43.6 Å². The van der Waals surface area contributed by atoms with Crippen LogP contribution < -0.4 is 10.6 Å². The third-order valence-corrected chi connectivity index (χ3v) is 6.32. The van der Waals surface area contributed by atoms with Crippen molar-refractivity contribution in [2.75, 3.05) is 31.1 Å². The summed E-state index contributed by atoms with van der Waals surface area (Å²) in [6, 6.07) is 8.99. The van der Waals surface area contributed by atoms with Gasteiger partial charge < -0.3 is 10.6 Å². The van der Waals surface area contributed by atoms with E-state index < -0.39 is 0 Å². The van der Waals surface area contributed by atoms with Gasteiger partial charge in [0.1, 0.15) is 0 Å². The topological polar surface area (TPSA) is 44.4 Å². The number of likely N-dealkylation sites (tertiary alicyclic amines) is 1. The standard InChI is InChI=1S/C20H31N3OS.2ClH/c1-16-5-8-23(9-6-16)14-18-4-2-3-17(11-18)13-22-20(24)12-19-15-25-10-7-21-19;;/h2-4,11,16,19,21H,5-10,12-15H2,1H3,(H,22,24);2*1H. The fourth-order valence-electron chi connectivity index (χ4n) is 3.56. The van der Waals surface area contributed by atoms with Gasteiger partial charge in [-0.25, -0.2) is 0 Å². The van der Waals surface area contributed by atoms with E-state index in [0.29, 0.717) is 19.0 Å². The molecule has 0 spiro atoms. The molecular weight excluding hydrogens is 401 g/mol. The van der Waals surface area contributed by atoms with Crippen molar-refractivity contribution >= 4 is 42.5 Å². The van der Waals surface area contributed by atoms with E-state index in [9.17, 15) is 4.79 Å². The molecule has 0 bridgehead atoms. The lowest BCUT2D eigenvalue weighted by atomic mass is 9.98. The third kappa shape index (κ3) is 8.61. The summed E-state index contributed by atoms with van der Waals surface area (Å²) in [6.45, 7) is 7.42. The Morgan fingerprint density at radius 2 is 2.00 bits per heavy atom. The van der Waals surface area contributed by atoms with E-state index in [0.717, 1.165) is 30.5 Å². The van der Waals surface area contributed by atoms with Crippen LogP contribution >= 0.6 is 36.6 Å². The molecule has 154 valence electrons. The Kier molecular flexibility index (Phi) is 11.7. The summed E-state index contributed by atoms with van der Waals surface area (Å²) in [6.07, 6.45) is 3.20. The molecule has 0 aliphatic carbocycles. The van der Waals surface area contributed by atoms with Crippen LogP contribution in [-0.4, -0.2) is 48.0 Å². The Morgan fingerprint density at radius 1 is 1.26 bits per heavy atom. The van der Waals surface area contributed by atoms with Gasteiger partial charge in [0.2, 0.25) is 5.91 Å². The molecule has 0 aromatic heterocycles. The Hall–Kier alpha value is -0.460. The van der Waals surface area contributed by atoms with Crippen molar-refractivity contribution in [1.29, 1.82) is 0 Å². The zero-order valence-corrected chi connectivity index (χ0v) is 18.6. The number of hydrogen-bond acceptors (Lipinski definition) is 4. The van der Waals surface area contributed by atoms with Crippen LogP contribution in [0.1, 0.15) is 37.3 Å². The zero-order valence-electron chi connectivity index (χ0n) is 16.1. The number of piperidine rings is 1. The van der Waals surface area contributed by atoms with Crippen molar-refractivity contribution < 1.29 is 4.79 Å². The maximum atomic E-state index is 12.1. The van der Waals surface area contributed by atoms with E-state index in [1.807, 2.05) is 11.8 Å². The summed E-state index contributed by atoms with van der Waals surface area (Å²) >= 11 is 1.93. The summed E-state index contributed by atoms with van der Waals surface area (Å²) in [5.41, 5.74) is 2.55. The summed E-state index contributed by atoms with van der Waals surface area (Å²) in [7, 11) is 0. The fourth-order valence-corrected chi connectivity index (χ4v) is 4.51. The number of thioether (sulfide) groups is 1. The van der Waals surface area contributed by atoms with Crippen molar-refractivity contribution in [2.45, 2.75) is 45.3 Å². The molecule has 2 fully saturated rings. The smallest absolute Gasteiger partial charge is 0.221 e. The molecule has 0 radical (unpaired) electrons. The van der Waals surface area contributed by atoms with E-state index in [1.165, 1.54) is 37.1 Å². The highest BCUT2D eigenvalue weighted by atomic mass is 35.5. The molecule has 7 heteroatoms. The second kappa shape index (κ2) is 12.9. The number of nitrogens with one attached hydrogen (secondary N) is 2. The lowest BCUT2D eigenvalue weighted by Gasteiger charge is -2.30. The second-order valence-corrected chi connectivity index (χ2v) is 8.64. The lowest BCUT2D eigenvalue weighted by Crippen LogP contribution is -2.41. The molecule has 1 aromatic carbocycles. The fraction of sp³-hybridized carbons (Fsp3) is 0.650. The Labute approximate surface area is 180 Å².